The summed E-state index contributed by atoms with van der Waals surface area (Å²) >= 11 is 0. The number of halogens is 1. The number of nitrogens with one attached hydrogen (secondary N) is 2. The van der Waals surface area contributed by atoms with Crippen molar-refractivity contribution in [2.24, 2.45) is 5.41 Å². The molecule has 0 bridgehead atoms. The van der Waals surface area contributed by atoms with E-state index in [0.717, 1.165) is 23.4 Å². The van der Waals surface area contributed by atoms with Gasteiger partial charge in [0, 0.05) is 6.04 Å². The second-order valence-electron chi connectivity index (χ2n) is 5.14. The summed E-state index contributed by atoms with van der Waals surface area (Å²) in [5.74, 6) is 0.491. The van der Waals surface area contributed by atoms with Gasteiger partial charge < -0.3 is 10.3 Å². The molecule has 0 aliphatic heterocycles. The predicted octanol–water partition coefficient (Wildman–Crippen LogP) is 2.91. The van der Waals surface area contributed by atoms with Gasteiger partial charge >= 0.3 is 0 Å². The molecule has 1 aliphatic carbocycles. The zero-order valence-corrected chi connectivity index (χ0v) is 9.34. The molecular weight excluding hydrogens is 205 g/mol. The number of imidazole rings is 1. The molecule has 2 N–H and O–H groups in total. The lowest BCUT2D eigenvalue weighted by Gasteiger charge is -2.03. The van der Waals surface area contributed by atoms with Crippen LogP contribution >= 0.6 is 0 Å². The fourth-order valence-electron chi connectivity index (χ4n) is 1.93. The van der Waals surface area contributed by atoms with Crippen molar-refractivity contribution in [1.82, 2.24) is 9.97 Å². The van der Waals surface area contributed by atoms with Crippen molar-refractivity contribution in [3.63, 3.8) is 0 Å². The molecule has 1 aromatic heterocycles. The van der Waals surface area contributed by atoms with E-state index in [0.29, 0.717) is 11.5 Å². The summed E-state index contributed by atoms with van der Waals surface area (Å²) in [5, 5.41) is 3.33. The van der Waals surface area contributed by atoms with Gasteiger partial charge in [-0.1, -0.05) is 13.8 Å². The fourth-order valence-corrected chi connectivity index (χ4v) is 1.93. The predicted molar refractivity (Wildman–Crippen MR) is 61.9 cm³/mol. The molecule has 16 heavy (non-hydrogen) atoms. The third-order valence-corrected chi connectivity index (χ3v) is 3.27. The Balaban J connectivity index is 1.88. The Hall–Kier alpha value is -1.58. The van der Waals surface area contributed by atoms with Gasteiger partial charge in [0.1, 0.15) is 5.82 Å². The quantitative estimate of drug-likeness (QED) is 0.815. The number of H-pyrrole nitrogens is 1. The van der Waals surface area contributed by atoms with Crippen LogP contribution in [0.1, 0.15) is 20.3 Å². The zero-order chi connectivity index (χ0) is 11.3. The van der Waals surface area contributed by atoms with Crippen LogP contribution in [-0.4, -0.2) is 16.0 Å². The highest BCUT2D eigenvalue weighted by Crippen LogP contribution is 2.46. The minimum atomic E-state index is -0.241. The summed E-state index contributed by atoms with van der Waals surface area (Å²) in [6.45, 7) is 4.43. The van der Waals surface area contributed by atoms with Crippen molar-refractivity contribution in [3.8, 4) is 0 Å². The van der Waals surface area contributed by atoms with Crippen LogP contribution in [-0.2, 0) is 0 Å². The minimum absolute atomic E-state index is 0.241. The van der Waals surface area contributed by atoms with Gasteiger partial charge in [-0.3, -0.25) is 0 Å². The van der Waals surface area contributed by atoms with E-state index in [-0.39, 0.29) is 5.82 Å². The fraction of sp³-hybridized carbons (Fsp3) is 0.417. The standard InChI is InChI=1S/C12H14FN3/c1-12(2)6-10(12)16-11-14-8-4-3-7(13)5-9(8)15-11/h3-5,10H,6H2,1-2H3,(H2,14,15,16). The van der Waals surface area contributed by atoms with E-state index in [1.165, 1.54) is 12.1 Å². The molecule has 1 unspecified atom stereocenters. The largest absolute Gasteiger partial charge is 0.353 e. The molecule has 1 aromatic carbocycles. The van der Waals surface area contributed by atoms with Crippen LogP contribution in [0.15, 0.2) is 18.2 Å². The number of fused-ring (bicyclic) bond motifs is 1. The number of aromatic nitrogens is 2. The summed E-state index contributed by atoms with van der Waals surface area (Å²) in [4.78, 5) is 7.45. The van der Waals surface area contributed by atoms with E-state index in [9.17, 15) is 4.39 Å². The van der Waals surface area contributed by atoms with Gasteiger partial charge in [-0.05, 0) is 30.0 Å². The highest BCUT2D eigenvalue weighted by molar-refractivity contribution is 5.77. The highest BCUT2D eigenvalue weighted by Gasteiger charge is 2.46. The van der Waals surface area contributed by atoms with Gasteiger partial charge in [-0.2, -0.15) is 0 Å². The number of rotatable bonds is 2. The van der Waals surface area contributed by atoms with Crippen LogP contribution < -0.4 is 5.32 Å². The minimum Gasteiger partial charge on any atom is -0.353 e. The topological polar surface area (TPSA) is 40.7 Å². The first-order chi connectivity index (χ1) is 7.54. The monoisotopic (exact) mass is 219 g/mol. The highest BCUT2D eigenvalue weighted by atomic mass is 19.1. The molecule has 0 spiro atoms. The Morgan fingerprint density at radius 2 is 2.25 bits per heavy atom. The molecule has 0 saturated heterocycles. The van der Waals surface area contributed by atoms with Gasteiger partial charge in [0.15, 0.2) is 0 Å². The summed E-state index contributed by atoms with van der Waals surface area (Å²) in [7, 11) is 0. The Morgan fingerprint density at radius 3 is 2.94 bits per heavy atom. The Morgan fingerprint density at radius 1 is 1.50 bits per heavy atom. The van der Waals surface area contributed by atoms with E-state index >= 15 is 0 Å². The molecular formula is C12H14FN3. The molecule has 3 rings (SSSR count). The average Bonchev–Trinajstić information content (AvgIpc) is 2.64. The second-order valence-corrected chi connectivity index (χ2v) is 5.14. The molecule has 2 aromatic rings. The molecule has 0 amide bonds. The third kappa shape index (κ3) is 1.54. The van der Waals surface area contributed by atoms with E-state index in [1.54, 1.807) is 6.07 Å². The summed E-state index contributed by atoms with van der Waals surface area (Å²) in [5.41, 5.74) is 1.88. The molecule has 1 fully saturated rings. The first-order valence-corrected chi connectivity index (χ1v) is 5.46. The number of hydrogen-bond donors (Lipinski definition) is 2. The molecule has 1 saturated carbocycles. The van der Waals surface area contributed by atoms with Gasteiger partial charge in [-0.15, -0.1) is 0 Å². The summed E-state index contributed by atoms with van der Waals surface area (Å²) < 4.78 is 13.0. The third-order valence-electron chi connectivity index (χ3n) is 3.27. The maximum absolute atomic E-state index is 13.0. The van der Waals surface area contributed by atoms with Crippen molar-refractivity contribution in [1.29, 1.82) is 0 Å². The average molecular weight is 219 g/mol. The summed E-state index contributed by atoms with van der Waals surface area (Å²) in [6, 6.07) is 5.04. The van der Waals surface area contributed by atoms with E-state index < -0.39 is 0 Å². The molecule has 84 valence electrons. The lowest BCUT2D eigenvalue weighted by Crippen LogP contribution is -2.09. The first kappa shape index (κ1) is 9.63. The van der Waals surface area contributed by atoms with E-state index in [1.807, 2.05) is 0 Å². The lowest BCUT2D eigenvalue weighted by atomic mass is 10.2. The number of benzene rings is 1. The molecule has 1 aliphatic rings. The molecule has 0 radical (unpaired) electrons. The van der Waals surface area contributed by atoms with Crippen molar-refractivity contribution in [2.45, 2.75) is 26.3 Å². The van der Waals surface area contributed by atoms with Crippen molar-refractivity contribution in [3.05, 3.63) is 24.0 Å². The maximum Gasteiger partial charge on any atom is 0.201 e. The first-order valence-electron chi connectivity index (χ1n) is 5.46. The van der Waals surface area contributed by atoms with Crippen LogP contribution in [0.5, 0.6) is 0 Å². The second kappa shape index (κ2) is 2.97. The maximum atomic E-state index is 13.0. The van der Waals surface area contributed by atoms with Crippen LogP contribution in [0.25, 0.3) is 11.0 Å². The van der Waals surface area contributed by atoms with Gasteiger partial charge in [0.25, 0.3) is 0 Å². The SMILES string of the molecule is CC1(C)CC1Nc1nc2ccc(F)cc2[nH]1. The number of nitrogens with zero attached hydrogens (tertiary/aromatic N) is 1. The Kier molecular flexibility index (Phi) is 1.79. The van der Waals surface area contributed by atoms with Crippen molar-refractivity contribution >= 4 is 17.0 Å². The molecule has 3 nitrogen and oxygen atoms in total. The van der Waals surface area contributed by atoms with E-state index in [2.05, 4.69) is 29.1 Å². The number of hydrogen-bond acceptors (Lipinski definition) is 2. The lowest BCUT2D eigenvalue weighted by molar-refractivity contribution is 0.628. The van der Waals surface area contributed by atoms with Crippen LogP contribution in [0.4, 0.5) is 10.3 Å². The van der Waals surface area contributed by atoms with Crippen LogP contribution in [0.3, 0.4) is 0 Å². The van der Waals surface area contributed by atoms with Crippen LogP contribution in [0, 0.1) is 11.2 Å². The molecule has 1 atom stereocenters. The Bertz CT molecular complexity index is 544. The Labute approximate surface area is 93.1 Å². The van der Waals surface area contributed by atoms with Gasteiger partial charge in [0.2, 0.25) is 5.95 Å². The number of aromatic amines is 1. The van der Waals surface area contributed by atoms with Crippen molar-refractivity contribution < 1.29 is 4.39 Å². The van der Waals surface area contributed by atoms with Crippen LogP contribution in [0.2, 0.25) is 0 Å². The van der Waals surface area contributed by atoms with E-state index in [4.69, 9.17) is 0 Å². The number of anilines is 1. The van der Waals surface area contributed by atoms with Gasteiger partial charge in [0.05, 0.1) is 11.0 Å². The van der Waals surface area contributed by atoms with Gasteiger partial charge in [-0.25, -0.2) is 9.37 Å². The molecule has 1 heterocycles. The molecule has 4 heteroatoms. The summed E-state index contributed by atoms with van der Waals surface area (Å²) in [6.07, 6.45) is 1.15. The smallest absolute Gasteiger partial charge is 0.201 e. The van der Waals surface area contributed by atoms with Crippen molar-refractivity contribution in [2.75, 3.05) is 5.32 Å². The normalized spacial score (nSPS) is 22.3. The zero-order valence-electron chi connectivity index (χ0n) is 9.34.